The van der Waals surface area contributed by atoms with Crippen LogP contribution in [0.2, 0.25) is 0 Å². The van der Waals surface area contributed by atoms with Gasteiger partial charge in [0.05, 0.1) is 23.7 Å². The average Bonchev–Trinajstić information content (AvgIpc) is 2.79. The van der Waals surface area contributed by atoms with E-state index in [0.29, 0.717) is 15.0 Å². The number of ether oxygens (including phenoxy) is 1. The van der Waals surface area contributed by atoms with Crippen molar-refractivity contribution >= 4 is 44.8 Å². The molecule has 2 aromatic rings. The highest BCUT2D eigenvalue weighted by Crippen LogP contribution is 2.33. The Hall–Kier alpha value is -1.66. The normalized spacial score (nSPS) is 10.2. The highest BCUT2D eigenvalue weighted by Gasteiger charge is 2.19. The minimum Gasteiger partial charge on any atom is -0.465 e. The van der Waals surface area contributed by atoms with Crippen LogP contribution >= 0.6 is 27.3 Å². The van der Waals surface area contributed by atoms with E-state index in [1.54, 1.807) is 5.38 Å². The molecule has 0 aliphatic rings. The topological polar surface area (TPSA) is 55.4 Å². The zero-order valence-electron chi connectivity index (χ0n) is 11.6. The summed E-state index contributed by atoms with van der Waals surface area (Å²) in [6.45, 7) is 1.98. The summed E-state index contributed by atoms with van der Waals surface area (Å²) in [4.78, 5) is 24.2. The fourth-order valence-electron chi connectivity index (χ4n) is 1.89. The predicted molar refractivity (Wildman–Crippen MR) is 86.9 cm³/mol. The first-order chi connectivity index (χ1) is 10.0. The number of aryl methyl sites for hydroxylation is 1. The molecule has 110 valence electrons. The third kappa shape index (κ3) is 3.92. The van der Waals surface area contributed by atoms with Gasteiger partial charge in [0.25, 0.3) is 0 Å². The summed E-state index contributed by atoms with van der Waals surface area (Å²) in [5, 5.41) is 4.51. The van der Waals surface area contributed by atoms with Crippen LogP contribution in [0.3, 0.4) is 0 Å². The molecule has 0 spiro atoms. The number of carbonyl (C=O) groups excluding carboxylic acids is 2. The number of methoxy groups -OCH3 is 1. The van der Waals surface area contributed by atoms with Gasteiger partial charge in [-0.2, -0.15) is 0 Å². The maximum atomic E-state index is 12.1. The van der Waals surface area contributed by atoms with Gasteiger partial charge in [-0.05, 0) is 28.4 Å². The number of hydrogen-bond acceptors (Lipinski definition) is 4. The zero-order valence-corrected chi connectivity index (χ0v) is 14.0. The number of thiophene rings is 1. The maximum Gasteiger partial charge on any atom is 0.350 e. The van der Waals surface area contributed by atoms with Crippen LogP contribution in [0.4, 0.5) is 5.69 Å². The molecule has 1 aromatic carbocycles. The van der Waals surface area contributed by atoms with E-state index in [1.165, 1.54) is 18.4 Å². The van der Waals surface area contributed by atoms with Crippen molar-refractivity contribution in [3.8, 4) is 0 Å². The molecule has 21 heavy (non-hydrogen) atoms. The summed E-state index contributed by atoms with van der Waals surface area (Å²) in [7, 11) is 1.31. The Balaban J connectivity index is 2.13. The second-order valence-electron chi connectivity index (χ2n) is 4.49. The third-order valence-corrected chi connectivity index (χ3v) is 4.72. The molecular formula is C15H14BrNO3S. The lowest BCUT2D eigenvalue weighted by atomic mass is 10.1. The Bertz CT molecular complexity index is 681. The molecule has 1 amide bonds. The molecule has 0 saturated heterocycles. The van der Waals surface area contributed by atoms with Gasteiger partial charge in [-0.3, -0.25) is 4.79 Å². The first-order valence-electron chi connectivity index (χ1n) is 6.22. The first-order valence-corrected chi connectivity index (χ1v) is 7.89. The molecule has 2 rings (SSSR count). The molecule has 6 heteroatoms. The van der Waals surface area contributed by atoms with Crippen LogP contribution in [0.1, 0.15) is 20.8 Å². The minimum atomic E-state index is -0.462. The third-order valence-electron chi connectivity index (χ3n) is 2.83. The summed E-state index contributed by atoms with van der Waals surface area (Å²) in [6.07, 6.45) is 0.255. The molecule has 0 atom stereocenters. The van der Waals surface area contributed by atoms with Crippen LogP contribution in [0.25, 0.3) is 0 Å². The van der Waals surface area contributed by atoms with Crippen LogP contribution in [-0.4, -0.2) is 19.0 Å². The Morgan fingerprint density at radius 2 is 2.14 bits per heavy atom. The van der Waals surface area contributed by atoms with Gasteiger partial charge in [0.1, 0.15) is 4.88 Å². The summed E-state index contributed by atoms with van der Waals surface area (Å²) in [5.74, 6) is -0.638. The van der Waals surface area contributed by atoms with Crippen LogP contribution in [-0.2, 0) is 16.0 Å². The molecule has 0 fully saturated rings. The fourth-order valence-corrected chi connectivity index (χ4v) is 3.39. The van der Waals surface area contributed by atoms with Crippen molar-refractivity contribution in [1.29, 1.82) is 0 Å². The standard InChI is InChI=1S/C15H14BrNO3S/c1-9-4-3-5-10(6-9)7-12(18)17-13-11(16)8-21-14(13)15(19)20-2/h3-6,8H,7H2,1-2H3,(H,17,18). The lowest BCUT2D eigenvalue weighted by Crippen LogP contribution is -2.16. The van der Waals surface area contributed by atoms with Crippen molar-refractivity contribution in [3.05, 3.63) is 50.1 Å². The van der Waals surface area contributed by atoms with Crippen LogP contribution in [0, 0.1) is 6.92 Å². The Labute approximate surface area is 135 Å². The summed E-state index contributed by atoms with van der Waals surface area (Å²) in [5.41, 5.74) is 2.50. The van der Waals surface area contributed by atoms with E-state index in [2.05, 4.69) is 21.2 Å². The Morgan fingerprint density at radius 3 is 2.81 bits per heavy atom. The van der Waals surface area contributed by atoms with Crippen molar-refractivity contribution in [2.45, 2.75) is 13.3 Å². The summed E-state index contributed by atoms with van der Waals surface area (Å²) in [6, 6.07) is 7.75. The monoisotopic (exact) mass is 367 g/mol. The van der Waals surface area contributed by atoms with Crippen molar-refractivity contribution in [2.75, 3.05) is 12.4 Å². The number of esters is 1. The Kier molecular flexibility index (Phi) is 5.14. The molecule has 0 unspecified atom stereocenters. The average molecular weight is 368 g/mol. The second kappa shape index (κ2) is 6.87. The largest absolute Gasteiger partial charge is 0.465 e. The lowest BCUT2D eigenvalue weighted by Gasteiger charge is -2.07. The molecule has 0 aliphatic carbocycles. The van der Waals surface area contributed by atoms with Crippen molar-refractivity contribution < 1.29 is 14.3 Å². The molecule has 4 nitrogen and oxygen atoms in total. The SMILES string of the molecule is COC(=O)c1scc(Br)c1NC(=O)Cc1cccc(C)c1. The number of amides is 1. The Morgan fingerprint density at radius 1 is 1.38 bits per heavy atom. The van der Waals surface area contributed by atoms with Gasteiger partial charge >= 0.3 is 5.97 Å². The molecule has 1 heterocycles. The number of rotatable bonds is 4. The van der Waals surface area contributed by atoms with E-state index >= 15 is 0 Å². The maximum absolute atomic E-state index is 12.1. The highest BCUT2D eigenvalue weighted by molar-refractivity contribution is 9.10. The second-order valence-corrected chi connectivity index (χ2v) is 6.23. The predicted octanol–water partition coefficient (Wildman–Crippen LogP) is 3.79. The first kappa shape index (κ1) is 15.7. The highest BCUT2D eigenvalue weighted by atomic mass is 79.9. The molecule has 0 aliphatic heterocycles. The van der Waals surface area contributed by atoms with Crippen molar-refractivity contribution in [2.24, 2.45) is 0 Å². The van der Waals surface area contributed by atoms with E-state index in [0.717, 1.165) is 11.1 Å². The zero-order chi connectivity index (χ0) is 15.4. The molecule has 0 radical (unpaired) electrons. The number of carbonyl (C=O) groups is 2. The van der Waals surface area contributed by atoms with E-state index in [9.17, 15) is 9.59 Å². The number of halogens is 1. The van der Waals surface area contributed by atoms with E-state index in [-0.39, 0.29) is 12.3 Å². The van der Waals surface area contributed by atoms with Gasteiger partial charge in [0.2, 0.25) is 5.91 Å². The van der Waals surface area contributed by atoms with Crippen LogP contribution < -0.4 is 5.32 Å². The van der Waals surface area contributed by atoms with Gasteiger partial charge < -0.3 is 10.1 Å². The van der Waals surface area contributed by atoms with Gasteiger partial charge in [0, 0.05) is 5.38 Å². The quantitative estimate of drug-likeness (QED) is 0.836. The number of benzene rings is 1. The van der Waals surface area contributed by atoms with Crippen molar-refractivity contribution in [1.82, 2.24) is 0 Å². The number of anilines is 1. The molecule has 0 saturated carbocycles. The fraction of sp³-hybridized carbons (Fsp3) is 0.200. The van der Waals surface area contributed by atoms with E-state index in [4.69, 9.17) is 4.74 Å². The van der Waals surface area contributed by atoms with Crippen LogP contribution in [0.5, 0.6) is 0 Å². The smallest absolute Gasteiger partial charge is 0.350 e. The molecular weight excluding hydrogens is 354 g/mol. The van der Waals surface area contributed by atoms with Gasteiger partial charge in [-0.15, -0.1) is 11.3 Å². The van der Waals surface area contributed by atoms with Crippen LogP contribution in [0.15, 0.2) is 34.1 Å². The summed E-state index contributed by atoms with van der Waals surface area (Å²) >= 11 is 4.55. The van der Waals surface area contributed by atoms with Gasteiger partial charge in [0.15, 0.2) is 0 Å². The van der Waals surface area contributed by atoms with Crippen molar-refractivity contribution in [3.63, 3.8) is 0 Å². The minimum absolute atomic E-state index is 0.176. The van der Waals surface area contributed by atoms with Gasteiger partial charge in [-0.1, -0.05) is 29.8 Å². The number of hydrogen-bond donors (Lipinski definition) is 1. The molecule has 0 bridgehead atoms. The van der Waals surface area contributed by atoms with Gasteiger partial charge in [-0.25, -0.2) is 4.79 Å². The number of nitrogens with one attached hydrogen (secondary N) is 1. The summed E-state index contributed by atoms with van der Waals surface area (Å²) < 4.78 is 5.38. The molecule has 1 aromatic heterocycles. The van der Waals surface area contributed by atoms with E-state index in [1.807, 2.05) is 31.2 Å². The van der Waals surface area contributed by atoms with E-state index < -0.39 is 5.97 Å². The lowest BCUT2D eigenvalue weighted by molar-refractivity contribution is -0.115. The molecule has 1 N–H and O–H groups in total.